The molecule has 0 atom stereocenters. The molecule has 24 heavy (non-hydrogen) atoms. The Morgan fingerprint density at radius 3 is 2.25 bits per heavy atom. The van der Waals surface area contributed by atoms with Crippen molar-refractivity contribution in [3.05, 3.63) is 63.7 Å². The Bertz CT molecular complexity index is 803. The molecule has 0 saturated carbocycles. The van der Waals surface area contributed by atoms with Crippen LogP contribution >= 0.6 is 0 Å². The molecule has 2 aromatic rings. The molecule has 0 radical (unpaired) electrons. The van der Waals surface area contributed by atoms with Crippen molar-refractivity contribution in [1.82, 2.24) is 0 Å². The molecule has 0 aliphatic heterocycles. The maximum Gasteiger partial charge on any atom is 0.338 e. The van der Waals surface area contributed by atoms with Crippen LogP contribution in [0.1, 0.15) is 20.7 Å². The quantitative estimate of drug-likeness (QED) is 0.510. The summed E-state index contributed by atoms with van der Waals surface area (Å²) in [6.45, 7) is 0. The summed E-state index contributed by atoms with van der Waals surface area (Å²) in [5.41, 5.74) is 0.557. The van der Waals surface area contributed by atoms with Gasteiger partial charge in [0, 0.05) is 11.8 Å². The smallest absolute Gasteiger partial charge is 0.338 e. The maximum atomic E-state index is 11.9. The Kier molecular flexibility index (Phi) is 5.10. The van der Waals surface area contributed by atoms with Gasteiger partial charge in [0.1, 0.15) is 5.69 Å². The van der Waals surface area contributed by atoms with Crippen molar-refractivity contribution in [1.29, 1.82) is 0 Å². The molecule has 2 rings (SSSR count). The van der Waals surface area contributed by atoms with E-state index in [2.05, 4.69) is 14.8 Å². The summed E-state index contributed by atoms with van der Waals surface area (Å²) in [5, 5.41) is 13.9. The minimum Gasteiger partial charge on any atom is -0.465 e. The van der Waals surface area contributed by atoms with Crippen LogP contribution in [0.25, 0.3) is 0 Å². The summed E-state index contributed by atoms with van der Waals surface area (Å²) in [7, 11) is 2.38. The highest BCUT2D eigenvalue weighted by Crippen LogP contribution is 2.28. The molecule has 0 aliphatic carbocycles. The predicted molar refractivity (Wildman–Crippen MR) is 85.5 cm³/mol. The van der Waals surface area contributed by atoms with Gasteiger partial charge in [-0.05, 0) is 24.3 Å². The van der Waals surface area contributed by atoms with E-state index in [0.717, 1.165) is 0 Å². The maximum absolute atomic E-state index is 11.9. The largest absolute Gasteiger partial charge is 0.465 e. The number of esters is 2. The number of ether oxygens (including phenoxy) is 2. The number of carbonyl (C=O) groups excluding carboxylic acids is 2. The van der Waals surface area contributed by atoms with Gasteiger partial charge in [0.25, 0.3) is 5.69 Å². The molecule has 8 heteroatoms. The van der Waals surface area contributed by atoms with Crippen LogP contribution in [0, 0.1) is 10.1 Å². The van der Waals surface area contributed by atoms with E-state index < -0.39 is 16.9 Å². The number of nitro groups is 1. The fourth-order valence-corrected chi connectivity index (χ4v) is 2.08. The van der Waals surface area contributed by atoms with E-state index >= 15 is 0 Å². The van der Waals surface area contributed by atoms with E-state index in [0.29, 0.717) is 5.69 Å². The molecule has 0 fully saturated rings. The molecular formula is C16H14N2O6. The highest BCUT2D eigenvalue weighted by atomic mass is 16.6. The number of nitrogens with zero attached hydrogens (tertiary/aromatic N) is 1. The molecule has 1 N–H and O–H groups in total. The molecule has 0 spiro atoms. The number of hydrogen-bond acceptors (Lipinski definition) is 7. The fourth-order valence-electron chi connectivity index (χ4n) is 2.08. The summed E-state index contributed by atoms with van der Waals surface area (Å²) >= 11 is 0. The van der Waals surface area contributed by atoms with E-state index in [1.54, 1.807) is 12.1 Å². The van der Waals surface area contributed by atoms with Gasteiger partial charge in [-0.25, -0.2) is 9.59 Å². The predicted octanol–water partition coefficient (Wildman–Crippen LogP) is 2.91. The number of hydrogen-bond donors (Lipinski definition) is 1. The van der Waals surface area contributed by atoms with E-state index in [1.165, 1.54) is 44.6 Å². The lowest BCUT2D eigenvalue weighted by atomic mass is 10.1. The highest BCUT2D eigenvalue weighted by molar-refractivity contribution is 6.04. The van der Waals surface area contributed by atoms with Gasteiger partial charge in [0.05, 0.1) is 30.3 Å². The zero-order valence-corrected chi connectivity index (χ0v) is 12.9. The third kappa shape index (κ3) is 3.49. The number of anilines is 2. The Balaban J connectivity index is 2.44. The van der Waals surface area contributed by atoms with Gasteiger partial charge < -0.3 is 14.8 Å². The second-order valence-corrected chi connectivity index (χ2v) is 4.64. The van der Waals surface area contributed by atoms with Crippen LogP contribution in [-0.4, -0.2) is 31.1 Å². The lowest BCUT2D eigenvalue weighted by molar-refractivity contribution is -0.383. The summed E-state index contributed by atoms with van der Waals surface area (Å²) < 4.78 is 9.28. The topological polar surface area (TPSA) is 108 Å². The molecular weight excluding hydrogens is 316 g/mol. The molecule has 0 aromatic heterocycles. The number of rotatable bonds is 5. The average molecular weight is 330 g/mol. The Morgan fingerprint density at radius 2 is 1.62 bits per heavy atom. The summed E-state index contributed by atoms with van der Waals surface area (Å²) in [4.78, 5) is 34.1. The van der Waals surface area contributed by atoms with Crippen molar-refractivity contribution in [2.45, 2.75) is 0 Å². The van der Waals surface area contributed by atoms with Gasteiger partial charge in [0.15, 0.2) is 0 Å². The molecule has 0 aliphatic rings. The van der Waals surface area contributed by atoms with Crippen LogP contribution in [-0.2, 0) is 9.47 Å². The Labute approximate surface area is 137 Å². The first-order valence-electron chi connectivity index (χ1n) is 6.79. The van der Waals surface area contributed by atoms with E-state index in [-0.39, 0.29) is 22.5 Å². The molecule has 2 aromatic carbocycles. The highest BCUT2D eigenvalue weighted by Gasteiger charge is 2.20. The van der Waals surface area contributed by atoms with E-state index in [4.69, 9.17) is 0 Å². The van der Waals surface area contributed by atoms with Gasteiger partial charge >= 0.3 is 11.9 Å². The first-order chi connectivity index (χ1) is 11.5. The van der Waals surface area contributed by atoms with Gasteiger partial charge in [-0.2, -0.15) is 0 Å². The zero-order valence-electron chi connectivity index (χ0n) is 12.9. The first-order valence-corrected chi connectivity index (χ1v) is 6.79. The summed E-state index contributed by atoms with van der Waals surface area (Å²) in [5.74, 6) is -1.41. The molecule has 0 amide bonds. The number of para-hydroxylation sites is 2. The van der Waals surface area contributed by atoms with Crippen molar-refractivity contribution in [2.24, 2.45) is 0 Å². The summed E-state index contributed by atoms with van der Waals surface area (Å²) in [6.07, 6.45) is 0. The third-order valence-electron chi connectivity index (χ3n) is 3.21. The fraction of sp³-hybridized carbons (Fsp3) is 0.125. The molecule has 0 heterocycles. The van der Waals surface area contributed by atoms with Crippen LogP contribution in [0.3, 0.4) is 0 Å². The van der Waals surface area contributed by atoms with Crippen molar-refractivity contribution in [3.8, 4) is 0 Å². The standard InChI is InChI=1S/C16H14N2O6/c1-23-15(19)11-8-7-10(9-12(11)16(20)24-2)17-13-5-3-4-6-14(13)18(21)22/h3-9,17H,1-2H3. The van der Waals surface area contributed by atoms with Crippen molar-refractivity contribution in [3.63, 3.8) is 0 Å². The van der Waals surface area contributed by atoms with Crippen molar-refractivity contribution >= 4 is 29.0 Å². The van der Waals surface area contributed by atoms with Gasteiger partial charge in [0.2, 0.25) is 0 Å². The molecule has 0 bridgehead atoms. The minimum absolute atomic E-state index is 0.00654. The Morgan fingerprint density at radius 1 is 1.00 bits per heavy atom. The third-order valence-corrected chi connectivity index (χ3v) is 3.21. The van der Waals surface area contributed by atoms with Crippen molar-refractivity contribution in [2.75, 3.05) is 19.5 Å². The second-order valence-electron chi connectivity index (χ2n) is 4.64. The van der Waals surface area contributed by atoms with E-state index in [1.807, 2.05) is 0 Å². The lowest BCUT2D eigenvalue weighted by Gasteiger charge is -2.11. The van der Waals surface area contributed by atoms with Gasteiger partial charge in [-0.1, -0.05) is 12.1 Å². The Hall–Kier alpha value is -3.42. The number of methoxy groups -OCH3 is 2. The van der Waals surface area contributed by atoms with Crippen molar-refractivity contribution < 1.29 is 24.0 Å². The second kappa shape index (κ2) is 7.23. The average Bonchev–Trinajstić information content (AvgIpc) is 2.60. The number of benzene rings is 2. The number of nitro benzene ring substituents is 1. The lowest BCUT2D eigenvalue weighted by Crippen LogP contribution is -2.12. The molecule has 124 valence electrons. The van der Waals surface area contributed by atoms with Gasteiger partial charge in [-0.15, -0.1) is 0 Å². The van der Waals surface area contributed by atoms with E-state index in [9.17, 15) is 19.7 Å². The van der Waals surface area contributed by atoms with Crippen LogP contribution in [0.4, 0.5) is 17.1 Å². The number of carbonyl (C=O) groups is 2. The van der Waals surface area contributed by atoms with Crippen LogP contribution in [0.5, 0.6) is 0 Å². The SMILES string of the molecule is COC(=O)c1ccc(Nc2ccccc2[N+](=O)[O-])cc1C(=O)OC. The molecule has 8 nitrogen and oxygen atoms in total. The van der Waals surface area contributed by atoms with Crippen LogP contribution < -0.4 is 5.32 Å². The van der Waals surface area contributed by atoms with Crippen LogP contribution in [0.2, 0.25) is 0 Å². The molecule has 0 unspecified atom stereocenters. The van der Waals surface area contributed by atoms with Gasteiger partial charge in [-0.3, -0.25) is 10.1 Å². The number of nitrogens with one attached hydrogen (secondary N) is 1. The zero-order chi connectivity index (χ0) is 17.7. The summed E-state index contributed by atoms with van der Waals surface area (Å²) in [6, 6.07) is 10.3. The monoisotopic (exact) mass is 330 g/mol. The first kappa shape index (κ1) is 16.9. The normalized spacial score (nSPS) is 9.92. The van der Waals surface area contributed by atoms with Crippen LogP contribution in [0.15, 0.2) is 42.5 Å². The minimum atomic E-state index is -0.721. The molecule has 0 saturated heterocycles.